The fraction of sp³-hybridized carbons (Fsp3) is 0.412. The maximum Gasteiger partial charge on any atom is 0.191 e. The first-order chi connectivity index (χ1) is 11.8. The summed E-state index contributed by atoms with van der Waals surface area (Å²) in [7, 11) is -1.47. The van der Waals surface area contributed by atoms with Crippen LogP contribution >= 0.6 is 24.0 Å². The molecule has 0 radical (unpaired) electrons. The van der Waals surface area contributed by atoms with E-state index in [1.165, 1.54) is 6.26 Å². The second-order valence-electron chi connectivity index (χ2n) is 6.01. The van der Waals surface area contributed by atoms with Gasteiger partial charge in [-0.05, 0) is 36.6 Å². The van der Waals surface area contributed by atoms with Gasteiger partial charge in [0.15, 0.2) is 15.8 Å². The van der Waals surface area contributed by atoms with Gasteiger partial charge in [-0.3, -0.25) is 9.67 Å². The van der Waals surface area contributed by atoms with Crippen LogP contribution in [0.2, 0.25) is 0 Å². The topological polar surface area (TPSA) is 88.4 Å². The van der Waals surface area contributed by atoms with Crippen molar-refractivity contribution in [3.05, 3.63) is 47.3 Å². The molecular formula is C17H26IN5O2S. The number of nitrogens with one attached hydrogen (secondary N) is 2. The number of benzene rings is 1. The van der Waals surface area contributed by atoms with Gasteiger partial charge in [0.25, 0.3) is 0 Å². The molecular weight excluding hydrogens is 465 g/mol. The van der Waals surface area contributed by atoms with Crippen LogP contribution < -0.4 is 10.6 Å². The highest BCUT2D eigenvalue weighted by molar-refractivity contribution is 14.0. The highest BCUT2D eigenvalue weighted by Gasteiger charge is 2.10. The monoisotopic (exact) mass is 491 g/mol. The predicted octanol–water partition coefficient (Wildman–Crippen LogP) is 1.89. The Morgan fingerprint density at radius 1 is 1.27 bits per heavy atom. The van der Waals surface area contributed by atoms with E-state index < -0.39 is 9.84 Å². The van der Waals surface area contributed by atoms with Gasteiger partial charge in [0.1, 0.15) is 0 Å². The van der Waals surface area contributed by atoms with E-state index in [1.807, 2.05) is 36.1 Å². The molecule has 0 saturated carbocycles. The summed E-state index contributed by atoms with van der Waals surface area (Å²) in [5.41, 5.74) is 2.88. The van der Waals surface area contributed by atoms with Crippen molar-refractivity contribution in [1.82, 2.24) is 20.4 Å². The zero-order valence-electron chi connectivity index (χ0n) is 15.5. The summed E-state index contributed by atoms with van der Waals surface area (Å²) in [6.07, 6.45) is 5.04. The number of hydrogen-bond acceptors (Lipinski definition) is 4. The summed E-state index contributed by atoms with van der Waals surface area (Å²) in [4.78, 5) is 4.56. The number of aromatic nitrogens is 2. The second-order valence-corrected chi connectivity index (χ2v) is 7.99. The molecule has 1 aromatic heterocycles. The number of rotatable bonds is 6. The van der Waals surface area contributed by atoms with Crippen molar-refractivity contribution in [3.63, 3.8) is 0 Å². The van der Waals surface area contributed by atoms with Crippen molar-refractivity contribution in [2.45, 2.75) is 31.8 Å². The Hall–Kier alpha value is -1.62. The molecule has 0 fully saturated rings. The molecule has 0 unspecified atom stereocenters. The van der Waals surface area contributed by atoms with E-state index >= 15 is 0 Å². The standard InChI is InChI=1S/C17H25N5O2S.HI/c1-13-10-21-22(12-13)8-7-19-17(18-3)20-11-15-5-6-16(14(2)9-15)25(4,23)24;/h5-6,9-10,12H,7-8,11H2,1-4H3,(H2,18,19,20);1H. The first-order valence-corrected chi connectivity index (χ1v) is 9.92. The van der Waals surface area contributed by atoms with Gasteiger partial charge in [-0.25, -0.2) is 8.42 Å². The molecule has 2 N–H and O–H groups in total. The lowest BCUT2D eigenvalue weighted by atomic mass is 10.1. The molecule has 0 aliphatic rings. The largest absolute Gasteiger partial charge is 0.355 e. The molecule has 2 rings (SSSR count). The molecule has 9 heteroatoms. The summed E-state index contributed by atoms with van der Waals surface area (Å²) in [6, 6.07) is 5.34. The SMILES string of the molecule is CN=C(NCCn1cc(C)cn1)NCc1ccc(S(C)(=O)=O)c(C)c1.I. The molecule has 7 nitrogen and oxygen atoms in total. The van der Waals surface area contributed by atoms with Gasteiger partial charge in [-0.2, -0.15) is 5.10 Å². The summed E-state index contributed by atoms with van der Waals surface area (Å²) in [5.74, 6) is 0.689. The molecule has 144 valence electrons. The lowest BCUT2D eigenvalue weighted by Gasteiger charge is -2.13. The number of aliphatic imine (C=N–C) groups is 1. The van der Waals surface area contributed by atoms with Gasteiger partial charge in [-0.15, -0.1) is 24.0 Å². The van der Waals surface area contributed by atoms with E-state index in [0.717, 1.165) is 23.2 Å². The summed E-state index contributed by atoms with van der Waals surface area (Å²) >= 11 is 0. The Morgan fingerprint density at radius 3 is 2.54 bits per heavy atom. The molecule has 0 amide bonds. The van der Waals surface area contributed by atoms with Crippen LogP contribution in [0.3, 0.4) is 0 Å². The quantitative estimate of drug-likeness (QED) is 0.366. The van der Waals surface area contributed by atoms with Crippen LogP contribution in [0.5, 0.6) is 0 Å². The molecule has 0 spiro atoms. The third-order valence-electron chi connectivity index (χ3n) is 3.72. The summed E-state index contributed by atoms with van der Waals surface area (Å²) in [5, 5.41) is 10.7. The van der Waals surface area contributed by atoms with Gasteiger partial charge >= 0.3 is 0 Å². The number of guanidine groups is 1. The van der Waals surface area contributed by atoms with Gasteiger partial charge in [0, 0.05) is 32.6 Å². The molecule has 1 aromatic carbocycles. The summed E-state index contributed by atoms with van der Waals surface area (Å²) in [6.45, 7) is 5.82. The summed E-state index contributed by atoms with van der Waals surface area (Å²) < 4.78 is 25.2. The highest BCUT2D eigenvalue weighted by Crippen LogP contribution is 2.16. The number of hydrogen-bond donors (Lipinski definition) is 2. The average molecular weight is 491 g/mol. The maximum atomic E-state index is 11.7. The molecule has 0 atom stereocenters. The van der Waals surface area contributed by atoms with Gasteiger partial charge in [-0.1, -0.05) is 12.1 Å². The van der Waals surface area contributed by atoms with Gasteiger partial charge < -0.3 is 10.6 Å². The smallest absolute Gasteiger partial charge is 0.191 e. The fourth-order valence-electron chi connectivity index (χ4n) is 2.52. The van der Waals surface area contributed by atoms with E-state index in [1.54, 1.807) is 20.0 Å². The first-order valence-electron chi connectivity index (χ1n) is 8.03. The molecule has 0 aliphatic heterocycles. The molecule has 0 aliphatic carbocycles. The van der Waals surface area contributed by atoms with Crippen LogP contribution in [0, 0.1) is 13.8 Å². The van der Waals surface area contributed by atoms with Crippen molar-refractivity contribution < 1.29 is 8.42 Å². The maximum absolute atomic E-state index is 11.7. The van der Waals surface area contributed by atoms with Crippen molar-refractivity contribution in [2.24, 2.45) is 4.99 Å². The normalized spacial score (nSPS) is 11.8. The first kappa shape index (κ1) is 22.4. The Morgan fingerprint density at radius 2 is 2.00 bits per heavy atom. The third kappa shape index (κ3) is 6.60. The number of halogens is 1. The zero-order valence-corrected chi connectivity index (χ0v) is 18.6. The second kappa shape index (κ2) is 9.91. The van der Waals surface area contributed by atoms with Crippen molar-refractivity contribution in [3.8, 4) is 0 Å². The van der Waals surface area contributed by atoms with Crippen molar-refractivity contribution in [1.29, 1.82) is 0 Å². The van der Waals surface area contributed by atoms with Crippen LogP contribution in [-0.4, -0.2) is 44.0 Å². The Kier molecular flexibility index (Phi) is 8.54. The Bertz CT molecular complexity index is 862. The third-order valence-corrected chi connectivity index (χ3v) is 4.98. The molecule has 0 bridgehead atoms. The van der Waals surface area contributed by atoms with E-state index in [-0.39, 0.29) is 24.0 Å². The minimum Gasteiger partial charge on any atom is -0.355 e. The Balaban J connectivity index is 0.00000338. The number of sulfone groups is 1. The zero-order chi connectivity index (χ0) is 18.4. The molecule has 1 heterocycles. The minimum atomic E-state index is -3.19. The lowest BCUT2D eigenvalue weighted by molar-refractivity contribution is 0.597. The highest BCUT2D eigenvalue weighted by atomic mass is 127. The molecule has 26 heavy (non-hydrogen) atoms. The van der Waals surface area contributed by atoms with Crippen LogP contribution in [0.1, 0.15) is 16.7 Å². The number of nitrogens with zero attached hydrogens (tertiary/aromatic N) is 3. The molecule has 0 saturated heterocycles. The average Bonchev–Trinajstić information content (AvgIpc) is 2.95. The van der Waals surface area contributed by atoms with Crippen molar-refractivity contribution in [2.75, 3.05) is 19.8 Å². The van der Waals surface area contributed by atoms with Crippen LogP contribution in [0.15, 0.2) is 40.5 Å². The lowest BCUT2D eigenvalue weighted by Crippen LogP contribution is -2.38. The van der Waals surface area contributed by atoms with E-state index in [9.17, 15) is 8.42 Å². The fourth-order valence-corrected chi connectivity index (χ4v) is 3.48. The van der Waals surface area contributed by atoms with Gasteiger partial charge in [0.2, 0.25) is 0 Å². The van der Waals surface area contributed by atoms with E-state index in [2.05, 4.69) is 20.7 Å². The van der Waals surface area contributed by atoms with Crippen molar-refractivity contribution >= 4 is 39.8 Å². The number of aryl methyl sites for hydroxylation is 2. The van der Waals surface area contributed by atoms with E-state index in [0.29, 0.717) is 23.9 Å². The predicted molar refractivity (Wildman–Crippen MR) is 115 cm³/mol. The molecule has 2 aromatic rings. The van der Waals surface area contributed by atoms with Crippen LogP contribution in [-0.2, 0) is 22.9 Å². The van der Waals surface area contributed by atoms with E-state index in [4.69, 9.17) is 0 Å². The van der Waals surface area contributed by atoms with Gasteiger partial charge in [0.05, 0.1) is 17.6 Å². The Labute approximate surface area is 172 Å². The minimum absolute atomic E-state index is 0. The van der Waals surface area contributed by atoms with Crippen LogP contribution in [0.25, 0.3) is 0 Å². The van der Waals surface area contributed by atoms with Crippen LogP contribution in [0.4, 0.5) is 0 Å².